The molecule has 0 fully saturated rings. The van der Waals surface area contributed by atoms with Crippen LogP contribution in [0, 0.1) is 5.41 Å². The average Bonchev–Trinajstić information content (AvgIpc) is 2.33. The van der Waals surface area contributed by atoms with Crippen molar-refractivity contribution in [2.24, 2.45) is 5.41 Å². The quantitative estimate of drug-likeness (QED) is 0.471. The van der Waals surface area contributed by atoms with E-state index in [2.05, 4.69) is 6.92 Å². The zero-order valence-corrected chi connectivity index (χ0v) is 13.5. The molecule has 0 rings (SSSR count). The Labute approximate surface area is 118 Å². The van der Waals surface area contributed by atoms with E-state index in [0.717, 1.165) is 12.8 Å². The fraction of sp³-hybridized carbons (Fsp3) is 0.875. The van der Waals surface area contributed by atoms with E-state index in [0.29, 0.717) is 6.42 Å². The normalized spacial score (nSPS) is 15.1. The first-order valence-corrected chi connectivity index (χ1v) is 7.29. The molecule has 0 heterocycles. The van der Waals surface area contributed by atoms with Crippen LogP contribution in [0.1, 0.15) is 73.1 Å². The number of ether oxygens (including phenoxy) is 1. The van der Waals surface area contributed by atoms with Gasteiger partial charge in [-0.2, -0.15) is 0 Å². The highest BCUT2D eigenvalue weighted by Gasteiger charge is 2.35. The van der Waals surface area contributed by atoms with E-state index in [-0.39, 0.29) is 18.0 Å². The van der Waals surface area contributed by atoms with Crippen molar-refractivity contribution in [2.75, 3.05) is 7.11 Å². The van der Waals surface area contributed by atoms with E-state index in [1.807, 2.05) is 20.8 Å². The number of carbonyl (C=O) groups is 2. The van der Waals surface area contributed by atoms with Gasteiger partial charge in [0.2, 0.25) is 0 Å². The van der Waals surface area contributed by atoms with Gasteiger partial charge >= 0.3 is 0 Å². The molecule has 0 aliphatic heterocycles. The fourth-order valence-corrected chi connectivity index (χ4v) is 1.84. The Morgan fingerprint density at radius 2 is 1.53 bits per heavy atom. The van der Waals surface area contributed by atoms with Crippen LogP contribution in [0.5, 0.6) is 0 Å². The summed E-state index contributed by atoms with van der Waals surface area (Å²) in [6.45, 7) is 9.48. The third kappa shape index (κ3) is 6.33. The van der Waals surface area contributed by atoms with Crippen LogP contribution in [0.4, 0.5) is 0 Å². The molecule has 0 bridgehead atoms. The highest BCUT2D eigenvalue weighted by molar-refractivity contribution is 6.04. The molecule has 112 valence electrons. The number of unbranched alkanes of at least 4 members (excludes halogenated alkanes) is 3. The smallest absolute Gasteiger partial charge is 0.171 e. The first-order chi connectivity index (χ1) is 8.67. The molecular formula is C16H30O3. The van der Waals surface area contributed by atoms with Crippen LogP contribution < -0.4 is 0 Å². The van der Waals surface area contributed by atoms with E-state index in [1.165, 1.54) is 12.8 Å². The van der Waals surface area contributed by atoms with Gasteiger partial charge in [0.05, 0.1) is 6.42 Å². The number of hydrogen-bond donors (Lipinski definition) is 0. The topological polar surface area (TPSA) is 43.4 Å². The molecule has 19 heavy (non-hydrogen) atoms. The van der Waals surface area contributed by atoms with Crippen molar-refractivity contribution in [3.63, 3.8) is 0 Å². The Bertz CT molecular complexity index is 302. The van der Waals surface area contributed by atoms with Crippen LogP contribution in [0.3, 0.4) is 0 Å². The first-order valence-electron chi connectivity index (χ1n) is 7.29. The van der Waals surface area contributed by atoms with E-state index in [1.54, 1.807) is 14.0 Å². The van der Waals surface area contributed by atoms with Crippen LogP contribution in [0.15, 0.2) is 0 Å². The highest BCUT2D eigenvalue weighted by Crippen LogP contribution is 2.25. The van der Waals surface area contributed by atoms with E-state index >= 15 is 0 Å². The summed E-state index contributed by atoms with van der Waals surface area (Å²) in [4.78, 5) is 24.2. The van der Waals surface area contributed by atoms with Gasteiger partial charge in [0.1, 0.15) is 11.4 Å². The molecule has 3 nitrogen and oxygen atoms in total. The zero-order chi connectivity index (χ0) is 15.1. The maximum Gasteiger partial charge on any atom is 0.171 e. The Balaban J connectivity index is 4.48. The summed E-state index contributed by atoms with van der Waals surface area (Å²) in [5, 5.41) is 0. The lowest BCUT2D eigenvalue weighted by molar-refractivity contribution is -0.144. The predicted octanol–water partition coefficient (Wildman–Crippen LogP) is 3.94. The van der Waals surface area contributed by atoms with Gasteiger partial charge in [0, 0.05) is 12.5 Å². The van der Waals surface area contributed by atoms with Crippen molar-refractivity contribution in [1.29, 1.82) is 0 Å². The molecule has 0 radical (unpaired) electrons. The largest absolute Gasteiger partial charge is 0.371 e. The lowest BCUT2D eigenvalue weighted by atomic mass is 9.83. The zero-order valence-electron chi connectivity index (χ0n) is 13.5. The maximum atomic E-state index is 12.3. The second-order valence-electron chi connectivity index (χ2n) is 6.52. The third-order valence-electron chi connectivity index (χ3n) is 3.71. The third-order valence-corrected chi connectivity index (χ3v) is 3.71. The summed E-state index contributed by atoms with van der Waals surface area (Å²) in [7, 11) is 1.55. The summed E-state index contributed by atoms with van der Waals surface area (Å²) in [5.41, 5.74) is -1.28. The van der Waals surface area contributed by atoms with E-state index < -0.39 is 11.0 Å². The lowest BCUT2D eigenvalue weighted by Crippen LogP contribution is -2.40. The average molecular weight is 270 g/mol. The second kappa shape index (κ2) is 7.78. The standard InChI is InChI=1S/C16H30O3/c1-7-8-9-10-11-16(5,19-6)14(18)12-13(17)15(2,3)4/h7-12H2,1-6H3. The molecule has 0 aromatic heterocycles. The van der Waals surface area contributed by atoms with Crippen molar-refractivity contribution in [1.82, 2.24) is 0 Å². The monoisotopic (exact) mass is 270 g/mol. The number of methoxy groups -OCH3 is 1. The van der Waals surface area contributed by atoms with Gasteiger partial charge < -0.3 is 4.74 Å². The molecule has 0 N–H and O–H groups in total. The number of ketones is 2. The second-order valence-corrected chi connectivity index (χ2v) is 6.52. The molecule has 0 aliphatic carbocycles. The number of carbonyl (C=O) groups excluding carboxylic acids is 2. The van der Waals surface area contributed by atoms with Gasteiger partial charge in [-0.3, -0.25) is 9.59 Å². The Morgan fingerprint density at radius 1 is 0.947 bits per heavy atom. The van der Waals surface area contributed by atoms with Crippen LogP contribution in [0.2, 0.25) is 0 Å². The summed E-state index contributed by atoms with van der Waals surface area (Å²) in [6, 6.07) is 0. The molecule has 3 heteroatoms. The molecule has 0 aromatic rings. The molecule has 0 aliphatic rings. The Morgan fingerprint density at radius 3 is 1.95 bits per heavy atom. The SMILES string of the molecule is CCCCCCC(C)(OC)C(=O)CC(=O)C(C)(C)C. The van der Waals surface area contributed by atoms with Gasteiger partial charge in [-0.1, -0.05) is 53.4 Å². The van der Waals surface area contributed by atoms with Crippen LogP contribution in [-0.2, 0) is 14.3 Å². The van der Waals surface area contributed by atoms with E-state index in [9.17, 15) is 9.59 Å². The molecule has 0 aromatic carbocycles. The number of hydrogen-bond acceptors (Lipinski definition) is 3. The van der Waals surface area contributed by atoms with Crippen LogP contribution >= 0.6 is 0 Å². The minimum Gasteiger partial charge on any atom is -0.371 e. The summed E-state index contributed by atoms with van der Waals surface area (Å²) in [6.07, 6.45) is 5.08. The van der Waals surface area contributed by atoms with Gasteiger partial charge in [0.15, 0.2) is 5.78 Å². The van der Waals surface area contributed by atoms with Gasteiger partial charge in [-0.05, 0) is 13.3 Å². The van der Waals surface area contributed by atoms with E-state index in [4.69, 9.17) is 4.74 Å². The first kappa shape index (κ1) is 18.3. The Kier molecular flexibility index (Phi) is 7.50. The summed E-state index contributed by atoms with van der Waals surface area (Å²) in [5.74, 6) is -0.110. The highest BCUT2D eigenvalue weighted by atomic mass is 16.5. The summed E-state index contributed by atoms with van der Waals surface area (Å²) >= 11 is 0. The number of rotatable bonds is 9. The Hall–Kier alpha value is -0.700. The van der Waals surface area contributed by atoms with Crippen molar-refractivity contribution in [2.45, 2.75) is 78.7 Å². The van der Waals surface area contributed by atoms with Crippen molar-refractivity contribution in [3.8, 4) is 0 Å². The van der Waals surface area contributed by atoms with Gasteiger partial charge in [-0.15, -0.1) is 0 Å². The van der Waals surface area contributed by atoms with Crippen molar-refractivity contribution in [3.05, 3.63) is 0 Å². The van der Waals surface area contributed by atoms with Crippen molar-refractivity contribution >= 4 is 11.6 Å². The van der Waals surface area contributed by atoms with Crippen molar-refractivity contribution < 1.29 is 14.3 Å². The minimum absolute atomic E-state index is 0.0191. The molecule has 0 amide bonds. The molecule has 0 saturated carbocycles. The molecule has 1 atom stereocenters. The number of Topliss-reactive ketones (excluding diaryl/α,β-unsaturated/α-hetero) is 2. The minimum atomic E-state index is -0.811. The predicted molar refractivity (Wildman–Crippen MR) is 78.3 cm³/mol. The van der Waals surface area contributed by atoms with Crippen LogP contribution in [0.25, 0.3) is 0 Å². The molecular weight excluding hydrogens is 240 g/mol. The fourth-order valence-electron chi connectivity index (χ4n) is 1.84. The summed E-state index contributed by atoms with van der Waals surface area (Å²) < 4.78 is 5.39. The van der Waals surface area contributed by atoms with Gasteiger partial charge in [0.25, 0.3) is 0 Å². The van der Waals surface area contributed by atoms with Gasteiger partial charge in [-0.25, -0.2) is 0 Å². The molecule has 0 spiro atoms. The van der Waals surface area contributed by atoms with Crippen LogP contribution in [-0.4, -0.2) is 24.3 Å². The maximum absolute atomic E-state index is 12.3. The lowest BCUT2D eigenvalue weighted by Gasteiger charge is -2.27. The molecule has 0 saturated heterocycles. The molecule has 1 unspecified atom stereocenters.